The summed E-state index contributed by atoms with van der Waals surface area (Å²) in [5, 5.41) is 19.6. The first kappa shape index (κ1) is 18.5. The highest BCUT2D eigenvalue weighted by Crippen LogP contribution is 2.38. The van der Waals surface area contributed by atoms with Gasteiger partial charge in [0.15, 0.2) is 0 Å². The Morgan fingerprint density at radius 1 is 1.04 bits per heavy atom. The molecule has 138 valence electrons. The van der Waals surface area contributed by atoms with Crippen LogP contribution in [0.5, 0.6) is 0 Å². The minimum Gasteiger partial charge on any atom is -0.384 e. The molecule has 1 unspecified atom stereocenters. The molecule has 0 amide bonds. The predicted molar refractivity (Wildman–Crippen MR) is 114 cm³/mol. The van der Waals surface area contributed by atoms with Crippen LogP contribution < -0.4 is 20.5 Å². The van der Waals surface area contributed by atoms with E-state index in [-0.39, 0.29) is 17.0 Å². The summed E-state index contributed by atoms with van der Waals surface area (Å²) >= 11 is 4.35. The van der Waals surface area contributed by atoms with Gasteiger partial charge in [-0.2, -0.15) is 10.5 Å². The SMILES string of the molecule is Cc1ccc(C=c2sc3n(c2=O)C(N)=C(C#N)C(c2ccc(C)s2)C=3C#N)s1. The van der Waals surface area contributed by atoms with Crippen LogP contribution in [-0.4, -0.2) is 4.57 Å². The fourth-order valence-electron chi connectivity index (χ4n) is 3.20. The number of rotatable bonds is 2. The lowest BCUT2D eigenvalue weighted by Gasteiger charge is -2.20. The molecule has 2 N–H and O–H groups in total. The van der Waals surface area contributed by atoms with Gasteiger partial charge in [-0.25, -0.2) is 0 Å². The van der Waals surface area contributed by atoms with Crippen LogP contribution in [0.1, 0.15) is 25.4 Å². The van der Waals surface area contributed by atoms with E-state index < -0.39 is 5.92 Å². The Hall–Kier alpha value is -2.91. The summed E-state index contributed by atoms with van der Waals surface area (Å²) in [6.45, 7) is 3.97. The van der Waals surface area contributed by atoms with E-state index in [0.29, 0.717) is 14.8 Å². The van der Waals surface area contributed by atoms with Crippen molar-refractivity contribution >= 4 is 51.5 Å². The van der Waals surface area contributed by atoms with Gasteiger partial charge in [0, 0.05) is 19.5 Å². The zero-order valence-corrected chi connectivity index (χ0v) is 17.5. The lowest BCUT2D eigenvalue weighted by atomic mass is 9.89. The molecule has 0 bridgehead atoms. The van der Waals surface area contributed by atoms with E-state index in [4.69, 9.17) is 5.73 Å². The van der Waals surface area contributed by atoms with Crippen molar-refractivity contribution in [2.24, 2.45) is 5.73 Å². The topological polar surface area (TPSA) is 95.6 Å². The zero-order chi connectivity index (χ0) is 20.0. The summed E-state index contributed by atoms with van der Waals surface area (Å²) in [5.74, 6) is -0.431. The van der Waals surface area contributed by atoms with Gasteiger partial charge >= 0.3 is 0 Å². The number of aromatic nitrogens is 1. The van der Waals surface area contributed by atoms with Crippen molar-refractivity contribution in [1.29, 1.82) is 10.5 Å². The molecule has 4 rings (SSSR count). The molecule has 0 aromatic carbocycles. The van der Waals surface area contributed by atoms with Gasteiger partial charge in [0.05, 0.1) is 33.7 Å². The number of nitriles is 2. The van der Waals surface area contributed by atoms with Crippen molar-refractivity contribution in [1.82, 2.24) is 4.57 Å². The fourth-order valence-corrected chi connectivity index (χ4v) is 6.22. The Balaban J connectivity index is 2.07. The van der Waals surface area contributed by atoms with Gasteiger partial charge in [-0.1, -0.05) is 0 Å². The minimum absolute atomic E-state index is 0.107. The number of nitrogens with zero attached hydrogens (tertiary/aromatic N) is 3. The second kappa shape index (κ2) is 6.92. The lowest BCUT2D eigenvalue weighted by Crippen LogP contribution is -2.38. The quantitative estimate of drug-likeness (QED) is 0.687. The first-order valence-corrected chi connectivity index (χ1v) is 10.8. The standard InChI is InChI=1S/C20H14N4OS3/c1-10-3-5-12(26-10)7-16-19(25)24-18(23)13(8-21)17(14(9-22)20(24)28-16)15-6-4-11(2)27-15/h3-7,17H,23H2,1-2H3. The smallest absolute Gasteiger partial charge is 0.274 e. The third-order valence-electron chi connectivity index (χ3n) is 4.47. The largest absolute Gasteiger partial charge is 0.384 e. The number of thiophene rings is 2. The second-order valence-electron chi connectivity index (χ2n) is 6.32. The molecular formula is C20H14N4OS3. The fraction of sp³-hybridized carbons (Fsp3) is 0.150. The van der Waals surface area contributed by atoms with Gasteiger partial charge in [-0.3, -0.25) is 9.36 Å². The molecule has 1 atom stereocenters. The number of hydrogen-bond donors (Lipinski definition) is 1. The van der Waals surface area contributed by atoms with Crippen LogP contribution in [0.2, 0.25) is 0 Å². The number of fused-ring (bicyclic) bond motifs is 1. The second-order valence-corrected chi connectivity index (χ2v) is 9.99. The van der Waals surface area contributed by atoms with Crippen LogP contribution in [0.3, 0.4) is 0 Å². The predicted octanol–water partition coefficient (Wildman–Crippen LogP) is 2.60. The van der Waals surface area contributed by atoms with E-state index in [1.165, 1.54) is 27.2 Å². The molecule has 3 aromatic heterocycles. The normalized spacial score (nSPS) is 16.8. The van der Waals surface area contributed by atoms with Crippen LogP contribution in [-0.2, 0) is 0 Å². The highest BCUT2D eigenvalue weighted by Gasteiger charge is 2.32. The Labute approximate surface area is 172 Å². The lowest BCUT2D eigenvalue weighted by molar-refractivity contribution is 0.914. The van der Waals surface area contributed by atoms with Gasteiger partial charge in [0.1, 0.15) is 10.5 Å². The number of thiazole rings is 1. The molecule has 0 radical (unpaired) electrons. The first-order valence-electron chi connectivity index (χ1n) is 8.35. The van der Waals surface area contributed by atoms with E-state index >= 15 is 0 Å². The first-order chi connectivity index (χ1) is 13.4. The molecule has 0 fully saturated rings. The number of nitrogens with two attached hydrogens (primary N) is 1. The molecule has 0 aliphatic carbocycles. The summed E-state index contributed by atoms with van der Waals surface area (Å²) in [5.41, 5.74) is 6.59. The highest BCUT2D eigenvalue weighted by molar-refractivity contribution is 7.13. The molecule has 8 heteroatoms. The van der Waals surface area contributed by atoms with Crippen molar-refractivity contribution in [3.63, 3.8) is 0 Å². The zero-order valence-electron chi connectivity index (χ0n) is 15.0. The molecule has 0 saturated heterocycles. The van der Waals surface area contributed by atoms with Crippen LogP contribution >= 0.6 is 34.0 Å². The van der Waals surface area contributed by atoms with Crippen molar-refractivity contribution < 1.29 is 0 Å². The van der Waals surface area contributed by atoms with Crippen LogP contribution in [0, 0.1) is 36.5 Å². The summed E-state index contributed by atoms with van der Waals surface area (Å²) in [7, 11) is 0. The van der Waals surface area contributed by atoms with Crippen molar-refractivity contribution in [2.75, 3.05) is 0 Å². The van der Waals surface area contributed by atoms with Gasteiger partial charge in [-0.15, -0.1) is 34.0 Å². The molecule has 0 saturated carbocycles. The molecule has 4 heterocycles. The molecule has 5 nitrogen and oxygen atoms in total. The Morgan fingerprint density at radius 2 is 1.71 bits per heavy atom. The average molecular weight is 423 g/mol. The molecule has 1 aliphatic rings. The van der Waals surface area contributed by atoms with Crippen LogP contribution in [0.4, 0.5) is 0 Å². The van der Waals surface area contributed by atoms with Crippen LogP contribution in [0.15, 0.2) is 34.6 Å². The summed E-state index contributed by atoms with van der Waals surface area (Å²) in [6, 6.07) is 12.2. The maximum atomic E-state index is 13.0. The number of aryl methyl sites for hydroxylation is 2. The molecule has 1 aliphatic heterocycles. The summed E-state index contributed by atoms with van der Waals surface area (Å²) in [4.78, 5) is 17.1. The van der Waals surface area contributed by atoms with Gasteiger partial charge in [-0.05, 0) is 44.2 Å². The Morgan fingerprint density at radius 3 is 2.29 bits per heavy atom. The van der Waals surface area contributed by atoms with Crippen molar-refractivity contribution in [3.8, 4) is 12.1 Å². The maximum Gasteiger partial charge on any atom is 0.274 e. The monoisotopic (exact) mass is 422 g/mol. The van der Waals surface area contributed by atoms with Gasteiger partial charge in [0.2, 0.25) is 0 Å². The van der Waals surface area contributed by atoms with E-state index in [9.17, 15) is 15.3 Å². The molecular weight excluding hydrogens is 408 g/mol. The van der Waals surface area contributed by atoms with E-state index in [1.54, 1.807) is 11.3 Å². The molecule has 28 heavy (non-hydrogen) atoms. The number of hydrogen-bond acceptors (Lipinski definition) is 7. The van der Waals surface area contributed by atoms with Crippen molar-refractivity contribution in [3.05, 3.63) is 68.9 Å². The van der Waals surface area contributed by atoms with E-state index in [0.717, 1.165) is 19.5 Å². The van der Waals surface area contributed by atoms with Gasteiger partial charge in [0.25, 0.3) is 5.56 Å². The summed E-state index contributed by atoms with van der Waals surface area (Å²) in [6.07, 6.45) is 1.81. The summed E-state index contributed by atoms with van der Waals surface area (Å²) < 4.78 is 2.30. The van der Waals surface area contributed by atoms with Gasteiger partial charge < -0.3 is 5.73 Å². The third kappa shape index (κ3) is 2.83. The average Bonchev–Trinajstić information content (AvgIpc) is 3.35. The minimum atomic E-state index is -0.538. The molecule has 0 spiro atoms. The maximum absolute atomic E-state index is 13.0. The van der Waals surface area contributed by atoms with E-state index in [1.807, 2.05) is 44.2 Å². The molecule has 3 aromatic rings. The third-order valence-corrected chi connectivity index (χ3v) is 7.59. The highest BCUT2D eigenvalue weighted by atomic mass is 32.1. The Kier molecular flexibility index (Phi) is 4.56. The van der Waals surface area contributed by atoms with Crippen LogP contribution in [0.25, 0.3) is 17.5 Å². The Bertz CT molecular complexity index is 1400. The van der Waals surface area contributed by atoms with E-state index in [2.05, 4.69) is 12.1 Å². The van der Waals surface area contributed by atoms with Crippen molar-refractivity contribution in [2.45, 2.75) is 19.8 Å². The number of allylic oxidation sites excluding steroid dienone is 1.